The van der Waals surface area contributed by atoms with Crippen LogP contribution in [0.3, 0.4) is 0 Å². The van der Waals surface area contributed by atoms with Crippen LogP contribution in [-0.2, 0) is 4.79 Å². The molecule has 0 bridgehead atoms. The molecule has 3 heteroatoms. The second kappa shape index (κ2) is 7.04. The number of carbonyl (C=O) groups is 1. The maximum Gasteiger partial charge on any atom is 0.261 e. The van der Waals surface area contributed by atoms with E-state index in [2.05, 4.69) is 5.32 Å². The van der Waals surface area contributed by atoms with Gasteiger partial charge in [0.1, 0.15) is 5.75 Å². The van der Waals surface area contributed by atoms with E-state index in [4.69, 9.17) is 4.74 Å². The van der Waals surface area contributed by atoms with Crippen molar-refractivity contribution in [2.24, 2.45) is 0 Å². The molecular formula is C15H23NO2. The largest absolute Gasteiger partial charge is 0.480 e. The van der Waals surface area contributed by atoms with E-state index in [1.165, 1.54) is 0 Å². The smallest absolute Gasteiger partial charge is 0.261 e. The van der Waals surface area contributed by atoms with Crippen molar-refractivity contribution in [3.05, 3.63) is 29.3 Å². The predicted molar refractivity (Wildman–Crippen MR) is 73.9 cm³/mol. The Labute approximate surface area is 110 Å². The van der Waals surface area contributed by atoms with E-state index in [1.54, 1.807) is 0 Å². The van der Waals surface area contributed by atoms with Crippen LogP contribution in [0.4, 0.5) is 0 Å². The van der Waals surface area contributed by atoms with E-state index >= 15 is 0 Å². The number of amides is 1. The van der Waals surface area contributed by atoms with E-state index in [9.17, 15) is 4.79 Å². The van der Waals surface area contributed by atoms with Crippen molar-refractivity contribution in [3.63, 3.8) is 0 Å². The molecule has 1 aromatic carbocycles. The van der Waals surface area contributed by atoms with Gasteiger partial charge in [0.25, 0.3) is 5.91 Å². The van der Waals surface area contributed by atoms with Crippen molar-refractivity contribution in [3.8, 4) is 5.75 Å². The monoisotopic (exact) mass is 249 g/mol. The maximum atomic E-state index is 11.9. The fourth-order valence-electron chi connectivity index (χ4n) is 1.67. The van der Waals surface area contributed by atoms with Crippen molar-refractivity contribution < 1.29 is 9.53 Å². The summed E-state index contributed by atoms with van der Waals surface area (Å²) in [5.74, 6) is 0.772. The Kier molecular flexibility index (Phi) is 5.69. The zero-order chi connectivity index (χ0) is 13.5. The molecule has 1 N–H and O–H groups in total. The van der Waals surface area contributed by atoms with Gasteiger partial charge in [-0.3, -0.25) is 4.79 Å². The number of hydrogen-bond donors (Lipinski definition) is 1. The first-order chi connectivity index (χ1) is 8.58. The molecule has 0 radical (unpaired) electrons. The third-order valence-electron chi connectivity index (χ3n) is 2.83. The van der Waals surface area contributed by atoms with Crippen LogP contribution in [0.2, 0.25) is 0 Å². The van der Waals surface area contributed by atoms with Crippen molar-refractivity contribution >= 4 is 5.91 Å². The highest BCUT2D eigenvalue weighted by molar-refractivity contribution is 5.81. The zero-order valence-electron chi connectivity index (χ0n) is 11.7. The molecule has 0 heterocycles. The first-order valence-electron chi connectivity index (χ1n) is 6.60. The van der Waals surface area contributed by atoms with Crippen LogP contribution >= 0.6 is 0 Å². The second-order valence-electron chi connectivity index (χ2n) is 4.57. The topological polar surface area (TPSA) is 38.3 Å². The van der Waals surface area contributed by atoms with Crippen LogP contribution in [0.1, 0.15) is 37.8 Å². The van der Waals surface area contributed by atoms with Gasteiger partial charge in [-0.2, -0.15) is 0 Å². The van der Waals surface area contributed by atoms with E-state index in [0.717, 1.165) is 23.3 Å². The van der Waals surface area contributed by atoms with Gasteiger partial charge < -0.3 is 10.1 Å². The molecule has 100 valence electrons. The molecular weight excluding hydrogens is 226 g/mol. The fourth-order valence-corrected chi connectivity index (χ4v) is 1.67. The zero-order valence-corrected chi connectivity index (χ0v) is 11.7. The molecule has 18 heavy (non-hydrogen) atoms. The fraction of sp³-hybridized carbons (Fsp3) is 0.533. The molecule has 3 nitrogen and oxygen atoms in total. The summed E-state index contributed by atoms with van der Waals surface area (Å²) in [5, 5.41) is 2.87. The van der Waals surface area contributed by atoms with Gasteiger partial charge in [0.15, 0.2) is 6.10 Å². The van der Waals surface area contributed by atoms with E-state index in [1.807, 2.05) is 45.9 Å². The molecule has 0 aliphatic heterocycles. The van der Waals surface area contributed by atoms with Crippen LogP contribution < -0.4 is 10.1 Å². The molecule has 1 aromatic rings. The third kappa shape index (κ3) is 4.06. The number of hydrogen-bond acceptors (Lipinski definition) is 2. The minimum atomic E-state index is -0.406. The van der Waals surface area contributed by atoms with Crippen LogP contribution in [0.5, 0.6) is 5.75 Å². The second-order valence-corrected chi connectivity index (χ2v) is 4.57. The third-order valence-corrected chi connectivity index (χ3v) is 2.83. The highest BCUT2D eigenvalue weighted by atomic mass is 16.5. The molecule has 1 amide bonds. The quantitative estimate of drug-likeness (QED) is 0.841. The first kappa shape index (κ1) is 14.6. The minimum Gasteiger partial charge on any atom is -0.480 e. The molecule has 1 rings (SSSR count). The number of rotatable bonds is 6. The molecule has 1 unspecified atom stereocenters. The SMILES string of the molecule is CCCNC(=O)C(CC)Oc1cc(C)ccc1C. The lowest BCUT2D eigenvalue weighted by atomic mass is 10.1. The van der Waals surface area contributed by atoms with Crippen LogP contribution in [0, 0.1) is 13.8 Å². The predicted octanol–water partition coefficient (Wildman–Crippen LogP) is 2.99. The summed E-state index contributed by atoms with van der Waals surface area (Å²) in [6, 6.07) is 6.03. The molecule has 0 saturated carbocycles. The lowest BCUT2D eigenvalue weighted by Gasteiger charge is -2.18. The number of aryl methyl sites for hydroxylation is 2. The van der Waals surface area contributed by atoms with Gasteiger partial charge in [0.05, 0.1) is 0 Å². The molecule has 0 aromatic heterocycles. The Balaban J connectivity index is 2.73. The molecule has 0 aliphatic carbocycles. The number of ether oxygens (including phenoxy) is 1. The molecule has 0 spiro atoms. The van der Waals surface area contributed by atoms with Gasteiger partial charge >= 0.3 is 0 Å². The standard InChI is InChI=1S/C15H23NO2/c1-5-9-16-15(17)13(6-2)18-14-10-11(3)7-8-12(14)4/h7-8,10,13H,5-6,9H2,1-4H3,(H,16,17). The lowest BCUT2D eigenvalue weighted by Crippen LogP contribution is -2.38. The molecule has 1 atom stereocenters. The Morgan fingerprint density at radius 1 is 1.33 bits per heavy atom. The van der Waals surface area contributed by atoms with Crippen molar-refractivity contribution in [1.82, 2.24) is 5.32 Å². The van der Waals surface area contributed by atoms with Crippen LogP contribution in [0.25, 0.3) is 0 Å². The first-order valence-corrected chi connectivity index (χ1v) is 6.60. The number of nitrogens with one attached hydrogen (secondary N) is 1. The molecule has 0 saturated heterocycles. The Hall–Kier alpha value is -1.51. The maximum absolute atomic E-state index is 11.9. The van der Waals surface area contributed by atoms with Gasteiger partial charge in [-0.25, -0.2) is 0 Å². The highest BCUT2D eigenvalue weighted by Crippen LogP contribution is 2.21. The van der Waals surface area contributed by atoms with Gasteiger partial charge in [0, 0.05) is 6.54 Å². The van der Waals surface area contributed by atoms with Gasteiger partial charge in [-0.15, -0.1) is 0 Å². The lowest BCUT2D eigenvalue weighted by molar-refractivity contribution is -0.128. The van der Waals surface area contributed by atoms with Gasteiger partial charge in [-0.1, -0.05) is 26.0 Å². The number of benzene rings is 1. The van der Waals surface area contributed by atoms with Crippen molar-refractivity contribution in [2.75, 3.05) is 6.54 Å². The van der Waals surface area contributed by atoms with Gasteiger partial charge in [0.2, 0.25) is 0 Å². The summed E-state index contributed by atoms with van der Waals surface area (Å²) < 4.78 is 5.82. The van der Waals surface area contributed by atoms with Gasteiger partial charge in [-0.05, 0) is 43.9 Å². The summed E-state index contributed by atoms with van der Waals surface area (Å²) in [6.07, 6.45) is 1.20. The van der Waals surface area contributed by atoms with Crippen LogP contribution in [-0.4, -0.2) is 18.6 Å². The Morgan fingerprint density at radius 3 is 2.67 bits per heavy atom. The summed E-state index contributed by atoms with van der Waals surface area (Å²) in [4.78, 5) is 11.9. The highest BCUT2D eigenvalue weighted by Gasteiger charge is 2.18. The normalized spacial score (nSPS) is 12.0. The summed E-state index contributed by atoms with van der Waals surface area (Å²) in [6.45, 7) is 8.70. The van der Waals surface area contributed by atoms with E-state index in [-0.39, 0.29) is 5.91 Å². The van der Waals surface area contributed by atoms with Crippen molar-refractivity contribution in [2.45, 2.75) is 46.6 Å². The van der Waals surface area contributed by atoms with Crippen molar-refractivity contribution in [1.29, 1.82) is 0 Å². The average molecular weight is 249 g/mol. The molecule has 0 fully saturated rings. The Bertz CT molecular complexity index is 401. The Morgan fingerprint density at radius 2 is 2.06 bits per heavy atom. The summed E-state index contributed by atoms with van der Waals surface area (Å²) >= 11 is 0. The summed E-state index contributed by atoms with van der Waals surface area (Å²) in [7, 11) is 0. The van der Waals surface area contributed by atoms with E-state index < -0.39 is 6.10 Å². The molecule has 0 aliphatic rings. The minimum absolute atomic E-state index is 0.0275. The number of carbonyl (C=O) groups excluding carboxylic acids is 1. The average Bonchev–Trinajstić information content (AvgIpc) is 2.36. The van der Waals surface area contributed by atoms with E-state index in [0.29, 0.717) is 13.0 Å². The summed E-state index contributed by atoms with van der Waals surface area (Å²) in [5.41, 5.74) is 2.20. The van der Waals surface area contributed by atoms with Crippen LogP contribution in [0.15, 0.2) is 18.2 Å².